The van der Waals surface area contributed by atoms with Gasteiger partial charge >= 0.3 is 6.18 Å². The summed E-state index contributed by atoms with van der Waals surface area (Å²) in [5.74, 6) is -0.125. The Morgan fingerprint density at radius 2 is 1.85 bits per heavy atom. The first kappa shape index (κ1) is 19.2. The van der Waals surface area contributed by atoms with Crippen molar-refractivity contribution < 1.29 is 23.1 Å². The number of benzene rings is 2. The van der Waals surface area contributed by atoms with Crippen LogP contribution in [-0.4, -0.2) is 23.7 Å². The number of amides is 1. The van der Waals surface area contributed by atoms with Gasteiger partial charge in [-0.3, -0.25) is 4.79 Å². The maximum Gasteiger partial charge on any atom is 0.421 e. The molecule has 0 spiro atoms. The number of rotatable bonds is 4. The van der Waals surface area contributed by atoms with Crippen molar-refractivity contribution in [3.63, 3.8) is 0 Å². The molecule has 7 heteroatoms. The lowest BCUT2D eigenvalue weighted by Gasteiger charge is -2.27. The summed E-state index contributed by atoms with van der Waals surface area (Å²) in [6, 6.07) is 11.6. The van der Waals surface area contributed by atoms with E-state index in [0.29, 0.717) is 6.54 Å². The van der Waals surface area contributed by atoms with Gasteiger partial charge in [-0.25, -0.2) is 0 Å². The number of fused-ring (bicyclic) bond motifs is 1. The minimum absolute atomic E-state index is 0.125. The smallest absolute Gasteiger partial charge is 0.376 e. The first-order valence-corrected chi connectivity index (χ1v) is 8.62. The molecule has 144 valence electrons. The summed E-state index contributed by atoms with van der Waals surface area (Å²) in [6.45, 7) is 3.56. The van der Waals surface area contributed by atoms with Crippen LogP contribution < -0.4 is 10.2 Å². The number of carbonyl (C=O) groups excluding carboxylic acids is 1. The van der Waals surface area contributed by atoms with Crippen molar-refractivity contribution in [3.8, 4) is 0 Å². The van der Waals surface area contributed by atoms with Crippen LogP contribution in [-0.2, 0) is 23.4 Å². The van der Waals surface area contributed by atoms with Gasteiger partial charge in [0.1, 0.15) is 0 Å². The summed E-state index contributed by atoms with van der Waals surface area (Å²) in [7, 11) is 0. The number of carbonyl (C=O) groups is 1. The van der Waals surface area contributed by atoms with Crippen molar-refractivity contribution in [2.75, 3.05) is 16.8 Å². The van der Waals surface area contributed by atoms with Crippen molar-refractivity contribution >= 4 is 17.3 Å². The van der Waals surface area contributed by atoms with Crippen LogP contribution in [0.25, 0.3) is 0 Å². The molecule has 2 N–H and O–H groups in total. The highest BCUT2D eigenvalue weighted by Crippen LogP contribution is 2.38. The monoisotopic (exact) mass is 378 g/mol. The third-order valence-electron chi connectivity index (χ3n) is 4.83. The average Bonchev–Trinajstić information content (AvgIpc) is 2.96. The lowest BCUT2D eigenvalue weighted by atomic mass is 9.94. The van der Waals surface area contributed by atoms with Crippen molar-refractivity contribution in [2.45, 2.75) is 38.6 Å². The van der Waals surface area contributed by atoms with E-state index in [-0.39, 0.29) is 11.5 Å². The zero-order valence-electron chi connectivity index (χ0n) is 15.1. The third kappa shape index (κ3) is 3.93. The first-order valence-electron chi connectivity index (χ1n) is 8.62. The predicted octanol–water partition coefficient (Wildman–Crippen LogP) is 3.98. The molecule has 0 radical (unpaired) electrons. The molecule has 1 aliphatic heterocycles. The number of halogens is 3. The van der Waals surface area contributed by atoms with E-state index in [1.807, 2.05) is 18.2 Å². The van der Waals surface area contributed by atoms with Crippen molar-refractivity contribution in [2.24, 2.45) is 0 Å². The highest BCUT2D eigenvalue weighted by molar-refractivity contribution is 5.89. The van der Waals surface area contributed by atoms with Crippen molar-refractivity contribution in [3.05, 3.63) is 59.2 Å². The Morgan fingerprint density at radius 1 is 1.19 bits per heavy atom. The standard InChI is InChI=1S/C20H21F3N2O2/c1-13(26)24-17-7-8-18-15(11-17)9-10-25(18)12-14-3-5-16(6-4-14)19(2,27)20(21,22)23/h3-8,11,27H,9-10,12H2,1-2H3,(H,24,26). The van der Waals surface area contributed by atoms with Crippen molar-refractivity contribution in [1.29, 1.82) is 0 Å². The minimum Gasteiger partial charge on any atom is -0.376 e. The number of aliphatic hydroxyl groups is 1. The molecule has 0 fully saturated rings. The number of nitrogens with zero attached hydrogens (tertiary/aromatic N) is 1. The number of hydrogen-bond acceptors (Lipinski definition) is 3. The first-order chi connectivity index (χ1) is 12.6. The SMILES string of the molecule is CC(=O)Nc1ccc2c(c1)CCN2Cc1ccc(C(C)(O)C(F)(F)F)cc1. The van der Waals surface area contributed by atoms with E-state index in [4.69, 9.17) is 0 Å². The van der Waals surface area contributed by atoms with Gasteiger partial charge in [-0.1, -0.05) is 24.3 Å². The normalized spacial score (nSPS) is 16.0. The van der Waals surface area contributed by atoms with Gasteiger partial charge in [0, 0.05) is 31.4 Å². The Hall–Kier alpha value is -2.54. The van der Waals surface area contributed by atoms with Crippen LogP contribution in [0.4, 0.5) is 24.5 Å². The zero-order valence-corrected chi connectivity index (χ0v) is 15.1. The summed E-state index contributed by atoms with van der Waals surface area (Å²) in [6.07, 6.45) is -3.89. The molecule has 1 amide bonds. The molecular formula is C20H21F3N2O2. The van der Waals surface area contributed by atoms with Crippen LogP contribution >= 0.6 is 0 Å². The summed E-state index contributed by atoms with van der Waals surface area (Å²) in [5, 5.41) is 12.5. The van der Waals surface area contributed by atoms with Gasteiger partial charge in [0.2, 0.25) is 5.91 Å². The fourth-order valence-electron chi connectivity index (χ4n) is 3.23. The van der Waals surface area contributed by atoms with E-state index in [1.54, 1.807) is 12.1 Å². The van der Waals surface area contributed by atoms with Gasteiger partial charge in [-0.05, 0) is 48.2 Å². The lowest BCUT2D eigenvalue weighted by molar-refractivity contribution is -0.258. The maximum absolute atomic E-state index is 12.9. The fourth-order valence-corrected chi connectivity index (χ4v) is 3.23. The van der Waals surface area contributed by atoms with Crippen LogP contribution in [0.3, 0.4) is 0 Å². The highest BCUT2D eigenvalue weighted by Gasteiger charge is 2.51. The second-order valence-electron chi connectivity index (χ2n) is 6.96. The van der Waals surface area contributed by atoms with Gasteiger partial charge < -0.3 is 15.3 Å². The number of nitrogens with one attached hydrogen (secondary N) is 1. The summed E-state index contributed by atoms with van der Waals surface area (Å²) < 4.78 is 38.8. The molecule has 1 heterocycles. The molecule has 4 nitrogen and oxygen atoms in total. The topological polar surface area (TPSA) is 52.6 Å². The largest absolute Gasteiger partial charge is 0.421 e. The predicted molar refractivity (Wildman–Crippen MR) is 97.6 cm³/mol. The number of hydrogen-bond donors (Lipinski definition) is 2. The van der Waals surface area contributed by atoms with Gasteiger partial charge in [0.25, 0.3) is 0 Å². The lowest BCUT2D eigenvalue weighted by Crippen LogP contribution is -2.39. The van der Waals surface area contributed by atoms with Crippen LogP contribution in [0.1, 0.15) is 30.5 Å². The minimum atomic E-state index is -4.73. The molecule has 1 aliphatic rings. The highest BCUT2D eigenvalue weighted by atomic mass is 19.4. The second-order valence-corrected chi connectivity index (χ2v) is 6.96. The third-order valence-corrected chi connectivity index (χ3v) is 4.83. The van der Waals surface area contributed by atoms with Crippen LogP contribution in [0.2, 0.25) is 0 Å². The molecule has 1 atom stereocenters. The van der Waals surface area contributed by atoms with Gasteiger partial charge in [0.05, 0.1) is 0 Å². The summed E-state index contributed by atoms with van der Waals surface area (Å²) >= 11 is 0. The molecule has 0 bridgehead atoms. The Morgan fingerprint density at radius 3 is 2.44 bits per heavy atom. The summed E-state index contributed by atoms with van der Waals surface area (Å²) in [4.78, 5) is 13.3. The van der Waals surface area contributed by atoms with Crippen LogP contribution in [0, 0.1) is 0 Å². The van der Waals surface area contributed by atoms with E-state index in [0.717, 1.165) is 42.4 Å². The molecule has 0 saturated carbocycles. The zero-order chi connectivity index (χ0) is 19.8. The Balaban J connectivity index is 1.74. The molecule has 1 unspecified atom stereocenters. The molecule has 2 aromatic rings. The number of alkyl halides is 3. The second kappa shape index (κ2) is 6.88. The fraction of sp³-hybridized carbons (Fsp3) is 0.350. The Kier molecular flexibility index (Phi) is 4.90. The summed E-state index contributed by atoms with van der Waals surface area (Å²) in [5.41, 5.74) is 0.734. The van der Waals surface area contributed by atoms with E-state index in [9.17, 15) is 23.1 Å². The van der Waals surface area contributed by atoms with E-state index in [1.165, 1.54) is 19.1 Å². The van der Waals surface area contributed by atoms with Gasteiger partial charge in [-0.15, -0.1) is 0 Å². The molecule has 0 aromatic heterocycles. The molecule has 27 heavy (non-hydrogen) atoms. The Bertz CT molecular complexity index is 845. The van der Waals surface area contributed by atoms with Gasteiger partial charge in [0.15, 0.2) is 5.60 Å². The molecule has 3 rings (SSSR count). The van der Waals surface area contributed by atoms with Crippen LogP contribution in [0.5, 0.6) is 0 Å². The van der Waals surface area contributed by atoms with Crippen molar-refractivity contribution in [1.82, 2.24) is 0 Å². The maximum atomic E-state index is 12.9. The van der Waals surface area contributed by atoms with Gasteiger partial charge in [-0.2, -0.15) is 13.2 Å². The van der Waals surface area contributed by atoms with E-state index >= 15 is 0 Å². The molecule has 2 aromatic carbocycles. The molecule has 0 saturated heterocycles. The molecular weight excluding hydrogens is 357 g/mol. The molecule has 0 aliphatic carbocycles. The number of anilines is 2. The van der Waals surface area contributed by atoms with E-state index in [2.05, 4.69) is 10.2 Å². The Labute approximate surface area is 155 Å². The van der Waals surface area contributed by atoms with Crippen LogP contribution in [0.15, 0.2) is 42.5 Å². The quantitative estimate of drug-likeness (QED) is 0.846. The van der Waals surface area contributed by atoms with E-state index < -0.39 is 11.8 Å². The average molecular weight is 378 g/mol.